The van der Waals surface area contributed by atoms with Gasteiger partial charge in [-0.2, -0.15) is 0 Å². The zero-order valence-electron chi connectivity index (χ0n) is 14.6. The van der Waals surface area contributed by atoms with E-state index in [-0.39, 0.29) is 40.1 Å². The molecule has 1 atom stereocenters. The van der Waals surface area contributed by atoms with Gasteiger partial charge in [-0.25, -0.2) is 0 Å². The van der Waals surface area contributed by atoms with Crippen molar-refractivity contribution in [1.29, 1.82) is 0 Å². The van der Waals surface area contributed by atoms with E-state index in [9.17, 15) is 0 Å². The number of nitrogens with zero attached hydrogens (tertiary/aromatic N) is 2. The van der Waals surface area contributed by atoms with Gasteiger partial charge in [-0.1, -0.05) is 78.9 Å². The summed E-state index contributed by atoms with van der Waals surface area (Å²) in [6.45, 7) is 0.681. The summed E-state index contributed by atoms with van der Waals surface area (Å²) >= 11 is 1.66. The summed E-state index contributed by atoms with van der Waals surface area (Å²) in [5, 5.41) is 4.51. The van der Waals surface area contributed by atoms with Gasteiger partial charge in [0, 0.05) is 11.9 Å². The quantitative estimate of drug-likeness (QED) is 0.429. The van der Waals surface area contributed by atoms with E-state index in [1.165, 1.54) is 16.8 Å². The molecule has 27 heavy (non-hydrogen) atoms. The van der Waals surface area contributed by atoms with Crippen molar-refractivity contribution in [1.82, 2.24) is 5.32 Å². The number of rotatable bonds is 4. The zero-order chi connectivity index (χ0) is 16.9. The molecule has 0 aromatic heterocycles. The van der Waals surface area contributed by atoms with Crippen LogP contribution in [0.4, 0.5) is 5.69 Å². The first-order valence-electron chi connectivity index (χ1n) is 8.32. The first kappa shape index (κ1) is 21.5. The lowest BCUT2D eigenvalue weighted by Crippen LogP contribution is -2.26. The highest BCUT2D eigenvalue weighted by Gasteiger charge is 2.31. The molecule has 1 unspecified atom stereocenters. The van der Waals surface area contributed by atoms with Crippen LogP contribution in [0.5, 0.6) is 0 Å². The monoisotopic (exact) mass is 505 g/mol. The van der Waals surface area contributed by atoms with E-state index in [1.54, 1.807) is 11.9 Å². The molecule has 1 saturated heterocycles. The number of para-hydroxylation sites is 1. The first-order valence-corrected chi connectivity index (χ1v) is 9.09. The van der Waals surface area contributed by atoms with Crippen LogP contribution >= 0.6 is 45.9 Å². The van der Waals surface area contributed by atoms with E-state index < -0.39 is 0 Å². The molecule has 3 nitrogen and oxygen atoms in total. The standard InChI is InChI=1S/C21H19N3S.2BrH/c1-4-10-17(11-5-1)16-22-21-23-20(18-12-6-2-7-13-18)24(25-21)19-14-8-3-9-15-19;;/h1-15,20H,16H2,(H,22,23);2*1H. The van der Waals surface area contributed by atoms with Crippen LogP contribution < -0.4 is 9.62 Å². The van der Waals surface area contributed by atoms with E-state index in [1.807, 2.05) is 30.3 Å². The molecule has 1 aliphatic heterocycles. The highest BCUT2D eigenvalue weighted by Crippen LogP contribution is 2.37. The van der Waals surface area contributed by atoms with Crippen LogP contribution in [0.1, 0.15) is 17.3 Å². The van der Waals surface area contributed by atoms with Crippen molar-refractivity contribution in [3.05, 3.63) is 102 Å². The molecule has 140 valence electrons. The van der Waals surface area contributed by atoms with Gasteiger partial charge >= 0.3 is 0 Å². The molecule has 1 heterocycles. The van der Waals surface area contributed by atoms with Crippen LogP contribution in [0.25, 0.3) is 0 Å². The molecule has 1 aliphatic rings. The fourth-order valence-corrected chi connectivity index (χ4v) is 3.78. The SMILES string of the molecule is Br.Br.c1ccc(CN=C2NC(c3ccccc3)N(c3ccccc3)S2)cc1. The van der Waals surface area contributed by atoms with E-state index >= 15 is 0 Å². The Bertz CT molecular complexity index is 796. The number of hydrogen-bond acceptors (Lipinski definition) is 3. The van der Waals surface area contributed by atoms with Gasteiger partial charge in [-0.15, -0.1) is 34.0 Å². The van der Waals surface area contributed by atoms with Gasteiger partial charge in [-0.05, 0) is 23.3 Å². The van der Waals surface area contributed by atoms with Gasteiger partial charge in [0.1, 0.15) is 6.17 Å². The molecular formula is C21H21Br2N3S. The van der Waals surface area contributed by atoms with Gasteiger partial charge in [0.15, 0.2) is 5.17 Å². The average Bonchev–Trinajstić information content (AvgIpc) is 3.13. The lowest BCUT2D eigenvalue weighted by molar-refractivity contribution is 0.710. The van der Waals surface area contributed by atoms with Crippen molar-refractivity contribution >= 4 is 56.8 Å². The van der Waals surface area contributed by atoms with Crippen molar-refractivity contribution in [3.63, 3.8) is 0 Å². The van der Waals surface area contributed by atoms with E-state index in [0.717, 1.165) is 5.17 Å². The Morgan fingerprint density at radius 3 is 1.96 bits per heavy atom. The molecule has 0 aliphatic carbocycles. The van der Waals surface area contributed by atoms with E-state index in [0.29, 0.717) is 6.54 Å². The Balaban J connectivity index is 0.00000131. The second-order valence-corrected chi connectivity index (χ2v) is 6.78. The van der Waals surface area contributed by atoms with Gasteiger partial charge in [0.05, 0.1) is 12.2 Å². The summed E-state index contributed by atoms with van der Waals surface area (Å²) in [5.74, 6) is 0. The first-order chi connectivity index (χ1) is 12.4. The second kappa shape index (κ2) is 10.5. The number of benzene rings is 3. The highest BCUT2D eigenvalue weighted by atomic mass is 79.9. The number of hydrogen-bond donors (Lipinski definition) is 1. The number of anilines is 1. The molecule has 1 N–H and O–H groups in total. The minimum Gasteiger partial charge on any atom is -0.339 e. The van der Waals surface area contributed by atoms with Crippen LogP contribution in [0.15, 0.2) is 96.0 Å². The summed E-state index contributed by atoms with van der Waals surface area (Å²) in [6.07, 6.45) is 0.0723. The third-order valence-electron chi connectivity index (χ3n) is 4.05. The molecular weight excluding hydrogens is 486 g/mol. The number of nitrogens with one attached hydrogen (secondary N) is 1. The average molecular weight is 507 g/mol. The van der Waals surface area contributed by atoms with Crippen molar-refractivity contribution in [2.75, 3.05) is 4.31 Å². The predicted octanol–water partition coefficient (Wildman–Crippen LogP) is 6.16. The van der Waals surface area contributed by atoms with Crippen molar-refractivity contribution < 1.29 is 0 Å². The molecule has 3 aromatic carbocycles. The van der Waals surface area contributed by atoms with Crippen LogP contribution in [-0.4, -0.2) is 5.17 Å². The molecule has 0 amide bonds. The fraction of sp³-hybridized carbons (Fsp3) is 0.0952. The maximum absolute atomic E-state index is 4.77. The minimum atomic E-state index is 0. The Hall–Kier alpha value is -1.76. The lowest BCUT2D eigenvalue weighted by atomic mass is 10.1. The second-order valence-electron chi connectivity index (χ2n) is 5.82. The molecule has 3 aromatic rings. The molecule has 0 spiro atoms. The van der Waals surface area contributed by atoms with Gasteiger partial charge in [0.25, 0.3) is 0 Å². The smallest absolute Gasteiger partial charge is 0.179 e. The predicted molar refractivity (Wildman–Crippen MR) is 127 cm³/mol. The third-order valence-corrected chi connectivity index (χ3v) is 5.09. The van der Waals surface area contributed by atoms with Crippen molar-refractivity contribution in [2.24, 2.45) is 4.99 Å². The zero-order valence-corrected chi connectivity index (χ0v) is 18.8. The number of aliphatic imine (C=N–C) groups is 1. The molecule has 0 bridgehead atoms. The van der Waals surface area contributed by atoms with Gasteiger partial charge in [-0.3, -0.25) is 9.30 Å². The van der Waals surface area contributed by atoms with E-state index in [4.69, 9.17) is 4.99 Å². The number of amidine groups is 1. The van der Waals surface area contributed by atoms with Gasteiger partial charge < -0.3 is 5.32 Å². The molecule has 1 fully saturated rings. The van der Waals surface area contributed by atoms with Crippen LogP contribution in [0.2, 0.25) is 0 Å². The molecule has 6 heteroatoms. The Morgan fingerprint density at radius 2 is 1.33 bits per heavy atom. The topological polar surface area (TPSA) is 27.6 Å². The van der Waals surface area contributed by atoms with Crippen LogP contribution in [0.3, 0.4) is 0 Å². The highest BCUT2D eigenvalue weighted by molar-refractivity contribution is 8.93. The van der Waals surface area contributed by atoms with Crippen molar-refractivity contribution in [3.8, 4) is 0 Å². The Kier molecular flexibility index (Phi) is 8.41. The Morgan fingerprint density at radius 1 is 0.778 bits per heavy atom. The summed E-state index contributed by atoms with van der Waals surface area (Å²) in [6, 6.07) is 31.3. The van der Waals surface area contributed by atoms with Crippen LogP contribution in [0, 0.1) is 0 Å². The molecule has 4 rings (SSSR count). The molecule has 0 saturated carbocycles. The minimum absolute atomic E-state index is 0. The Labute approximate surface area is 185 Å². The maximum atomic E-state index is 4.77. The summed E-state index contributed by atoms with van der Waals surface area (Å²) in [4.78, 5) is 4.77. The van der Waals surface area contributed by atoms with Gasteiger partial charge in [0.2, 0.25) is 0 Å². The number of halogens is 2. The normalized spacial score (nSPS) is 17.0. The largest absolute Gasteiger partial charge is 0.339 e. The summed E-state index contributed by atoms with van der Waals surface area (Å²) in [5.41, 5.74) is 3.61. The van der Waals surface area contributed by atoms with Crippen LogP contribution in [-0.2, 0) is 6.54 Å². The summed E-state index contributed by atoms with van der Waals surface area (Å²) < 4.78 is 2.28. The summed E-state index contributed by atoms with van der Waals surface area (Å²) in [7, 11) is 0. The lowest BCUT2D eigenvalue weighted by Gasteiger charge is -2.23. The fourth-order valence-electron chi connectivity index (χ4n) is 2.80. The van der Waals surface area contributed by atoms with E-state index in [2.05, 4.69) is 70.3 Å². The van der Waals surface area contributed by atoms with Crippen molar-refractivity contribution in [2.45, 2.75) is 12.7 Å². The molecule has 0 radical (unpaired) electrons. The third kappa shape index (κ3) is 5.37. The maximum Gasteiger partial charge on any atom is 0.179 e.